The third-order valence-corrected chi connectivity index (χ3v) is 7.14. The van der Waals surface area contributed by atoms with E-state index < -0.39 is 10.8 Å². The summed E-state index contributed by atoms with van der Waals surface area (Å²) in [5.74, 6) is 2.24. The SMILES string of the molecule is CCNC(=NCC1Cc2ccccc21)NC1CCCC(S(=O)CC)C1. The summed E-state index contributed by atoms with van der Waals surface area (Å²) in [6.45, 7) is 5.83. The Balaban J connectivity index is 1.57. The predicted molar refractivity (Wildman–Crippen MR) is 107 cm³/mol. The molecule has 3 rings (SSSR count). The Morgan fingerprint density at radius 3 is 2.88 bits per heavy atom. The number of benzene rings is 1. The number of aliphatic imine (C=N–C) groups is 1. The van der Waals surface area contributed by atoms with Gasteiger partial charge in [-0.2, -0.15) is 0 Å². The number of rotatable bonds is 6. The van der Waals surface area contributed by atoms with Crippen molar-refractivity contribution in [2.45, 2.75) is 63.2 Å². The van der Waals surface area contributed by atoms with E-state index in [1.807, 2.05) is 6.92 Å². The van der Waals surface area contributed by atoms with Crippen LogP contribution < -0.4 is 10.6 Å². The van der Waals surface area contributed by atoms with Gasteiger partial charge in [0.05, 0.1) is 0 Å². The van der Waals surface area contributed by atoms with Crippen LogP contribution in [0.4, 0.5) is 0 Å². The molecule has 0 saturated heterocycles. The molecule has 1 fully saturated rings. The van der Waals surface area contributed by atoms with Gasteiger partial charge in [-0.3, -0.25) is 9.20 Å². The van der Waals surface area contributed by atoms with Crippen molar-refractivity contribution in [2.24, 2.45) is 4.99 Å². The Bertz CT molecular complexity index is 631. The fourth-order valence-corrected chi connectivity index (χ4v) is 5.34. The third-order valence-electron chi connectivity index (χ3n) is 5.40. The summed E-state index contributed by atoms with van der Waals surface area (Å²) in [4.78, 5) is 4.84. The Morgan fingerprint density at radius 2 is 2.12 bits per heavy atom. The number of nitrogens with zero attached hydrogens (tertiary/aromatic N) is 1. The molecular weight excluding hydrogens is 330 g/mol. The van der Waals surface area contributed by atoms with E-state index in [-0.39, 0.29) is 0 Å². The molecule has 4 atom stereocenters. The molecule has 0 spiro atoms. The highest BCUT2D eigenvalue weighted by Gasteiger charge is 2.27. The van der Waals surface area contributed by atoms with E-state index in [9.17, 15) is 4.21 Å². The molecule has 2 N–H and O–H groups in total. The number of hydrogen-bond donors (Lipinski definition) is 2. The zero-order valence-corrected chi connectivity index (χ0v) is 16.3. The molecule has 1 aromatic rings. The number of fused-ring (bicyclic) bond motifs is 1. The second kappa shape index (κ2) is 8.84. The first-order chi connectivity index (χ1) is 12.2. The topological polar surface area (TPSA) is 53.5 Å². The number of hydrogen-bond acceptors (Lipinski definition) is 2. The van der Waals surface area contributed by atoms with E-state index in [4.69, 9.17) is 4.99 Å². The van der Waals surface area contributed by atoms with Gasteiger partial charge >= 0.3 is 0 Å². The highest BCUT2D eigenvalue weighted by Crippen LogP contribution is 2.34. The van der Waals surface area contributed by atoms with Crippen molar-refractivity contribution in [1.82, 2.24) is 10.6 Å². The number of nitrogens with one attached hydrogen (secondary N) is 2. The first kappa shape index (κ1) is 18.4. The van der Waals surface area contributed by atoms with Gasteiger partial charge in [-0.05, 0) is 43.7 Å². The molecule has 0 radical (unpaired) electrons. The van der Waals surface area contributed by atoms with Crippen LogP contribution in [-0.2, 0) is 17.2 Å². The molecule has 5 heteroatoms. The maximum Gasteiger partial charge on any atom is 0.191 e. The molecule has 0 bridgehead atoms. The zero-order chi connectivity index (χ0) is 17.6. The quantitative estimate of drug-likeness (QED) is 0.605. The van der Waals surface area contributed by atoms with E-state index in [1.165, 1.54) is 11.1 Å². The van der Waals surface area contributed by atoms with Crippen molar-refractivity contribution in [3.8, 4) is 0 Å². The van der Waals surface area contributed by atoms with Crippen LogP contribution in [0.5, 0.6) is 0 Å². The maximum atomic E-state index is 12.1. The Morgan fingerprint density at radius 1 is 1.28 bits per heavy atom. The lowest BCUT2D eigenvalue weighted by Crippen LogP contribution is -2.47. The van der Waals surface area contributed by atoms with Gasteiger partial charge in [0.15, 0.2) is 5.96 Å². The summed E-state index contributed by atoms with van der Waals surface area (Å²) < 4.78 is 12.1. The first-order valence-corrected chi connectivity index (χ1v) is 11.1. The molecule has 1 saturated carbocycles. The van der Waals surface area contributed by atoms with Crippen LogP contribution in [0.1, 0.15) is 56.6 Å². The summed E-state index contributed by atoms with van der Waals surface area (Å²) in [6, 6.07) is 9.07. The fourth-order valence-electron chi connectivity index (χ4n) is 3.99. The smallest absolute Gasteiger partial charge is 0.191 e. The van der Waals surface area contributed by atoms with Gasteiger partial charge in [0.1, 0.15) is 0 Å². The highest BCUT2D eigenvalue weighted by atomic mass is 32.2. The monoisotopic (exact) mass is 361 g/mol. The van der Waals surface area contributed by atoms with E-state index in [2.05, 4.69) is 41.8 Å². The molecule has 0 amide bonds. The predicted octanol–water partition coefficient (Wildman–Crippen LogP) is 2.96. The Kier molecular flexibility index (Phi) is 6.51. The van der Waals surface area contributed by atoms with Crippen molar-refractivity contribution in [2.75, 3.05) is 18.8 Å². The van der Waals surface area contributed by atoms with Crippen LogP contribution in [0.15, 0.2) is 29.3 Å². The molecule has 2 aliphatic rings. The average Bonchev–Trinajstić information content (AvgIpc) is 2.62. The maximum absolute atomic E-state index is 12.1. The van der Waals surface area contributed by atoms with Crippen molar-refractivity contribution in [3.05, 3.63) is 35.4 Å². The largest absolute Gasteiger partial charge is 0.357 e. The molecule has 0 aromatic heterocycles. The Hall–Kier alpha value is -1.36. The van der Waals surface area contributed by atoms with Crippen molar-refractivity contribution < 1.29 is 4.21 Å². The number of guanidine groups is 1. The van der Waals surface area contributed by atoms with Crippen molar-refractivity contribution in [3.63, 3.8) is 0 Å². The normalized spacial score (nSPS) is 27.1. The molecule has 0 aliphatic heterocycles. The van der Waals surface area contributed by atoms with Gasteiger partial charge in [-0.25, -0.2) is 0 Å². The Labute approximate surface area is 154 Å². The molecule has 4 unspecified atom stereocenters. The lowest BCUT2D eigenvalue weighted by atomic mass is 9.78. The molecule has 2 aliphatic carbocycles. The van der Waals surface area contributed by atoms with E-state index in [1.54, 1.807) is 0 Å². The summed E-state index contributed by atoms with van der Waals surface area (Å²) in [7, 11) is -0.681. The van der Waals surface area contributed by atoms with Gasteiger partial charge in [0.25, 0.3) is 0 Å². The molecule has 1 aromatic carbocycles. The van der Waals surface area contributed by atoms with Gasteiger partial charge < -0.3 is 10.6 Å². The van der Waals surface area contributed by atoms with Crippen molar-refractivity contribution >= 4 is 16.8 Å². The lowest BCUT2D eigenvalue weighted by Gasteiger charge is -2.31. The van der Waals surface area contributed by atoms with E-state index >= 15 is 0 Å². The molecule has 25 heavy (non-hydrogen) atoms. The second-order valence-corrected chi connectivity index (χ2v) is 9.12. The second-order valence-electron chi connectivity index (χ2n) is 7.12. The molecule has 4 nitrogen and oxygen atoms in total. The fraction of sp³-hybridized carbons (Fsp3) is 0.650. The highest BCUT2D eigenvalue weighted by molar-refractivity contribution is 7.85. The minimum atomic E-state index is -0.681. The summed E-state index contributed by atoms with van der Waals surface area (Å²) in [6.07, 6.45) is 5.54. The summed E-state index contributed by atoms with van der Waals surface area (Å²) in [5, 5.41) is 7.32. The van der Waals surface area contributed by atoms with Gasteiger partial charge in [-0.1, -0.05) is 37.6 Å². The van der Waals surface area contributed by atoms with Gasteiger partial charge in [0.2, 0.25) is 0 Å². The first-order valence-electron chi connectivity index (χ1n) is 9.71. The lowest BCUT2D eigenvalue weighted by molar-refractivity contribution is 0.413. The van der Waals surface area contributed by atoms with Crippen LogP contribution in [0, 0.1) is 0 Å². The van der Waals surface area contributed by atoms with E-state index in [0.717, 1.165) is 56.9 Å². The molecule has 0 heterocycles. The standard InChI is InChI=1S/C20H31N3OS/c1-3-21-20(22-14-16-12-15-8-5-6-11-19(15)16)23-17-9-7-10-18(13-17)25(24)4-2/h5-6,8,11,16-18H,3-4,7,9-10,12-14H2,1-2H3,(H2,21,22,23). The van der Waals surface area contributed by atoms with Gasteiger partial charge in [-0.15, -0.1) is 0 Å². The summed E-state index contributed by atoms with van der Waals surface area (Å²) in [5.41, 5.74) is 2.93. The van der Waals surface area contributed by atoms with Crippen LogP contribution in [0.25, 0.3) is 0 Å². The van der Waals surface area contributed by atoms with E-state index in [0.29, 0.717) is 17.2 Å². The minimum absolute atomic E-state index is 0.345. The average molecular weight is 362 g/mol. The van der Waals surface area contributed by atoms with Gasteiger partial charge in [0, 0.05) is 46.9 Å². The molecule has 138 valence electrons. The third kappa shape index (κ3) is 4.63. The van der Waals surface area contributed by atoms with Crippen LogP contribution in [0.3, 0.4) is 0 Å². The molecular formula is C20H31N3OS. The summed E-state index contributed by atoms with van der Waals surface area (Å²) >= 11 is 0. The zero-order valence-electron chi connectivity index (χ0n) is 15.5. The van der Waals surface area contributed by atoms with Crippen molar-refractivity contribution in [1.29, 1.82) is 0 Å². The van der Waals surface area contributed by atoms with Crippen LogP contribution >= 0.6 is 0 Å². The minimum Gasteiger partial charge on any atom is -0.357 e. The van der Waals surface area contributed by atoms with Crippen LogP contribution in [0.2, 0.25) is 0 Å². The van der Waals surface area contributed by atoms with Crippen LogP contribution in [-0.4, -0.2) is 40.3 Å².